The maximum atomic E-state index is 12.1. The van der Waals surface area contributed by atoms with Gasteiger partial charge in [0.1, 0.15) is 10.5 Å². The zero-order chi connectivity index (χ0) is 16.9. The number of nitrogens with zero attached hydrogens (tertiary/aromatic N) is 1. The van der Waals surface area contributed by atoms with E-state index in [1.807, 2.05) is 42.6 Å². The van der Waals surface area contributed by atoms with Crippen LogP contribution >= 0.6 is 11.3 Å². The van der Waals surface area contributed by atoms with Crippen molar-refractivity contribution in [3.05, 3.63) is 41.4 Å². The quantitative estimate of drug-likeness (QED) is 0.816. The molecule has 122 valence electrons. The molecule has 2 N–H and O–H groups in total. The highest BCUT2D eigenvalue weighted by Gasteiger charge is 2.33. The van der Waals surface area contributed by atoms with Crippen LogP contribution < -0.4 is 5.32 Å². The number of rotatable bonds is 7. The van der Waals surface area contributed by atoms with Gasteiger partial charge in [-0.05, 0) is 13.3 Å². The minimum Gasteiger partial charge on any atom is -0.480 e. The van der Waals surface area contributed by atoms with E-state index in [2.05, 4.69) is 10.3 Å². The molecule has 5 nitrogen and oxygen atoms in total. The molecule has 0 aliphatic heterocycles. The monoisotopic (exact) mass is 332 g/mol. The first kappa shape index (κ1) is 17.1. The lowest BCUT2D eigenvalue weighted by Crippen LogP contribution is -2.52. The molecule has 6 heteroatoms. The molecule has 1 unspecified atom stereocenters. The second-order valence-electron chi connectivity index (χ2n) is 5.62. The predicted molar refractivity (Wildman–Crippen MR) is 90.3 cm³/mol. The number of aliphatic carboxylic acids is 1. The third-order valence-corrected chi connectivity index (χ3v) is 4.49. The Morgan fingerprint density at radius 3 is 2.61 bits per heavy atom. The van der Waals surface area contributed by atoms with Crippen LogP contribution in [0.15, 0.2) is 35.7 Å². The van der Waals surface area contributed by atoms with Gasteiger partial charge >= 0.3 is 5.97 Å². The second-order valence-corrected chi connectivity index (χ2v) is 6.48. The Morgan fingerprint density at radius 2 is 2.00 bits per heavy atom. The van der Waals surface area contributed by atoms with Crippen LogP contribution in [0, 0.1) is 0 Å². The van der Waals surface area contributed by atoms with Crippen LogP contribution in [0.2, 0.25) is 0 Å². The minimum absolute atomic E-state index is 0.0793. The molecule has 1 amide bonds. The van der Waals surface area contributed by atoms with Gasteiger partial charge in [0, 0.05) is 10.9 Å². The van der Waals surface area contributed by atoms with Crippen LogP contribution in [0.4, 0.5) is 0 Å². The van der Waals surface area contributed by atoms with Crippen molar-refractivity contribution in [3.63, 3.8) is 0 Å². The van der Waals surface area contributed by atoms with Crippen LogP contribution in [-0.4, -0.2) is 27.5 Å². The van der Waals surface area contributed by atoms with Gasteiger partial charge in [-0.3, -0.25) is 4.79 Å². The summed E-state index contributed by atoms with van der Waals surface area (Å²) in [6.45, 7) is 3.42. The molecule has 1 aromatic heterocycles. The number of amides is 1. The molecule has 1 atom stereocenters. The van der Waals surface area contributed by atoms with Gasteiger partial charge in [-0.25, -0.2) is 9.78 Å². The third-order valence-electron chi connectivity index (χ3n) is 3.55. The Labute approximate surface area is 139 Å². The largest absolute Gasteiger partial charge is 0.480 e. The number of benzene rings is 1. The first-order valence-electron chi connectivity index (χ1n) is 7.49. The lowest BCUT2D eigenvalue weighted by Gasteiger charge is -2.25. The SMILES string of the molecule is CCCC(C)(NC(=O)Cc1csc(-c2ccccc2)n1)C(=O)O. The van der Waals surface area contributed by atoms with Crippen molar-refractivity contribution in [2.24, 2.45) is 0 Å². The molecular weight excluding hydrogens is 312 g/mol. The zero-order valence-electron chi connectivity index (χ0n) is 13.2. The summed E-state index contributed by atoms with van der Waals surface area (Å²) < 4.78 is 0. The number of carboxylic acids is 1. The average Bonchev–Trinajstić information content (AvgIpc) is 2.96. The van der Waals surface area contributed by atoms with Gasteiger partial charge in [-0.15, -0.1) is 11.3 Å². The Bertz CT molecular complexity index is 684. The van der Waals surface area contributed by atoms with Crippen LogP contribution in [0.5, 0.6) is 0 Å². The molecule has 0 bridgehead atoms. The van der Waals surface area contributed by atoms with E-state index in [-0.39, 0.29) is 12.3 Å². The van der Waals surface area contributed by atoms with E-state index >= 15 is 0 Å². The Kier molecular flexibility index (Phi) is 5.50. The van der Waals surface area contributed by atoms with Crippen molar-refractivity contribution in [1.29, 1.82) is 0 Å². The maximum absolute atomic E-state index is 12.1. The summed E-state index contributed by atoms with van der Waals surface area (Å²) in [7, 11) is 0. The third kappa shape index (κ3) is 4.39. The lowest BCUT2D eigenvalue weighted by atomic mass is 9.96. The van der Waals surface area contributed by atoms with Gasteiger partial charge in [0.2, 0.25) is 5.91 Å². The number of carbonyl (C=O) groups excluding carboxylic acids is 1. The minimum atomic E-state index is -1.23. The van der Waals surface area contributed by atoms with E-state index in [1.165, 1.54) is 18.3 Å². The first-order valence-corrected chi connectivity index (χ1v) is 8.37. The molecule has 0 saturated heterocycles. The van der Waals surface area contributed by atoms with Crippen molar-refractivity contribution < 1.29 is 14.7 Å². The van der Waals surface area contributed by atoms with Gasteiger partial charge in [0.15, 0.2) is 0 Å². The fourth-order valence-electron chi connectivity index (χ4n) is 2.34. The number of thiazole rings is 1. The summed E-state index contributed by atoms with van der Waals surface area (Å²) >= 11 is 1.47. The van der Waals surface area contributed by atoms with Crippen LogP contribution in [0.1, 0.15) is 32.4 Å². The summed E-state index contributed by atoms with van der Waals surface area (Å²) in [6.07, 6.45) is 1.15. The topological polar surface area (TPSA) is 79.3 Å². The molecule has 2 aromatic rings. The highest BCUT2D eigenvalue weighted by Crippen LogP contribution is 2.23. The van der Waals surface area contributed by atoms with E-state index in [0.29, 0.717) is 18.5 Å². The predicted octanol–water partition coefficient (Wildman–Crippen LogP) is 3.11. The van der Waals surface area contributed by atoms with Gasteiger partial charge < -0.3 is 10.4 Å². The molecule has 0 spiro atoms. The normalized spacial score (nSPS) is 13.3. The standard InChI is InChI=1S/C17H20N2O3S/c1-3-9-17(2,16(21)22)19-14(20)10-13-11-23-15(18-13)12-7-5-4-6-8-12/h4-8,11H,3,9-10H2,1-2H3,(H,19,20)(H,21,22). The van der Waals surface area contributed by atoms with E-state index < -0.39 is 11.5 Å². The fourth-order valence-corrected chi connectivity index (χ4v) is 3.17. The van der Waals surface area contributed by atoms with Crippen LogP contribution in [-0.2, 0) is 16.0 Å². The van der Waals surface area contributed by atoms with Crippen molar-refractivity contribution in [2.75, 3.05) is 0 Å². The van der Waals surface area contributed by atoms with Crippen molar-refractivity contribution in [3.8, 4) is 10.6 Å². The molecule has 0 aliphatic carbocycles. The summed E-state index contributed by atoms with van der Waals surface area (Å²) in [5.41, 5.74) is 0.422. The summed E-state index contributed by atoms with van der Waals surface area (Å²) in [5, 5.41) is 14.6. The smallest absolute Gasteiger partial charge is 0.329 e. The molecule has 0 fully saturated rings. The van der Waals surface area contributed by atoms with E-state index in [0.717, 1.165) is 10.6 Å². The first-order chi connectivity index (χ1) is 10.9. The van der Waals surface area contributed by atoms with E-state index in [9.17, 15) is 14.7 Å². The number of carbonyl (C=O) groups is 2. The van der Waals surface area contributed by atoms with Crippen molar-refractivity contribution in [1.82, 2.24) is 10.3 Å². The van der Waals surface area contributed by atoms with E-state index in [1.54, 1.807) is 0 Å². The fraction of sp³-hybridized carbons (Fsp3) is 0.353. The summed E-state index contributed by atoms with van der Waals surface area (Å²) in [6, 6.07) is 9.74. The molecule has 1 heterocycles. The number of nitrogens with one attached hydrogen (secondary N) is 1. The van der Waals surface area contributed by atoms with E-state index in [4.69, 9.17) is 0 Å². The Hall–Kier alpha value is -2.21. The van der Waals surface area contributed by atoms with Crippen LogP contribution in [0.25, 0.3) is 10.6 Å². The van der Waals surface area contributed by atoms with Gasteiger partial charge in [0.05, 0.1) is 12.1 Å². The molecule has 1 aromatic carbocycles. The molecule has 0 radical (unpaired) electrons. The van der Waals surface area contributed by atoms with Crippen molar-refractivity contribution in [2.45, 2.75) is 38.6 Å². The highest BCUT2D eigenvalue weighted by atomic mass is 32.1. The molecule has 2 rings (SSSR count). The van der Waals surface area contributed by atoms with Crippen LogP contribution in [0.3, 0.4) is 0 Å². The highest BCUT2D eigenvalue weighted by molar-refractivity contribution is 7.13. The van der Waals surface area contributed by atoms with Gasteiger partial charge in [-0.2, -0.15) is 0 Å². The molecule has 23 heavy (non-hydrogen) atoms. The average molecular weight is 332 g/mol. The molecule has 0 saturated carbocycles. The zero-order valence-corrected chi connectivity index (χ0v) is 14.0. The number of hydrogen-bond acceptors (Lipinski definition) is 4. The molecule has 0 aliphatic rings. The Balaban J connectivity index is 2.04. The maximum Gasteiger partial charge on any atom is 0.329 e. The van der Waals surface area contributed by atoms with Gasteiger partial charge in [-0.1, -0.05) is 43.7 Å². The van der Waals surface area contributed by atoms with Gasteiger partial charge in [0.25, 0.3) is 0 Å². The lowest BCUT2D eigenvalue weighted by molar-refractivity contribution is -0.147. The number of carboxylic acid groups (broad SMARTS) is 1. The Morgan fingerprint density at radius 1 is 1.30 bits per heavy atom. The number of aromatic nitrogens is 1. The summed E-state index contributed by atoms with van der Waals surface area (Å²) in [4.78, 5) is 28.0. The molecular formula is C17H20N2O3S. The van der Waals surface area contributed by atoms with Crippen molar-refractivity contribution >= 4 is 23.2 Å². The second kappa shape index (κ2) is 7.37. The number of hydrogen-bond donors (Lipinski definition) is 2. The summed E-state index contributed by atoms with van der Waals surface area (Å²) in [5.74, 6) is -1.34.